The zero-order valence-corrected chi connectivity index (χ0v) is 7.55. The van der Waals surface area contributed by atoms with Crippen LogP contribution in [0.3, 0.4) is 0 Å². The van der Waals surface area contributed by atoms with Crippen molar-refractivity contribution in [3.05, 3.63) is 0 Å². The first-order chi connectivity index (χ1) is 5.38. The van der Waals surface area contributed by atoms with E-state index in [4.69, 9.17) is 0 Å². The Labute approximate surface area is 69.8 Å². The Balaban J connectivity index is 1.92. The number of rotatable bonds is 1. The fraction of sp³-hybridized carbons (Fsp3) is 1.00. The van der Waals surface area contributed by atoms with E-state index in [0.29, 0.717) is 0 Å². The minimum atomic E-state index is 0.956. The van der Waals surface area contributed by atoms with Crippen molar-refractivity contribution in [1.29, 1.82) is 0 Å². The van der Waals surface area contributed by atoms with Crippen molar-refractivity contribution >= 4 is 0 Å². The van der Waals surface area contributed by atoms with Crippen LogP contribution in [0, 0.1) is 5.92 Å². The second-order valence-corrected chi connectivity index (χ2v) is 4.22. The first kappa shape index (κ1) is 7.60. The van der Waals surface area contributed by atoms with Gasteiger partial charge in [-0.1, -0.05) is 13.3 Å². The normalized spacial score (nSPS) is 40.1. The molecule has 1 aliphatic heterocycles. The molecule has 1 nitrogen and oxygen atoms in total. The van der Waals surface area contributed by atoms with Gasteiger partial charge in [0.15, 0.2) is 0 Å². The monoisotopic (exact) mass is 153 g/mol. The van der Waals surface area contributed by atoms with Gasteiger partial charge in [0.2, 0.25) is 0 Å². The van der Waals surface area contributed by atoms with Crippen LogP contribution < -0.4 is 0 Å². The molecule has 2 atom stereocenters. The Hall–Kier alpha value is -0.0400. The van der Waals surface area contributed by atoms with Crippen LogP contribution in [-0.2, 0) is 0 Å². The molecule has 1 saturated heterocycles. The molecule has 2 rings (SSSR count). The van der Waals surface area contributed by atoms with E-state index in [1.807, 2.05) is 0 Å². The zero-order chi connectivity index (χ0) is 7.68. The molecule has 0 amide bonds. The van der Waals surface area contributed by atoms with Crippen molar-refractivity contribution in [2.24, 2.45) is 5.92 Å². The van der Waals surface area contributed by atoms with Gasteiger partial charge in [0.05, 0.1) is 0 Å². The molecular formula is C10H19N. The molecule has 0 aromatic heterocycles. The number of likely N-dealkylation sites (tertiary alicyclic amines) is 1. The molecular weight excluding hydrogens is 134 g/mol. The van der Waals surface area contributed by atoms with Gasteiger partial charge in [0.25, 0.3) is 0 Å². The number of hydrogen-bond donors (Lipinski definition) is 0. The van der Waals surface area contributed by atoms with E-state index in [-0.39, 0.29) is 0 Å². The van der Waals surface area contributed by atoms with Crippen molar-refractivity contribution in [3.8, 4) is 0 Å². The Bertz CT molecular complexity index is 127. The van der Waals surface area contributed by atoms with Gasteiger partial charge >= 0.3 is 0 Å². The summed E-state index contributed by atoms with van der Waals surface area (Å²) in [5.74, 6) is 0.980. The Kier molecular flexibility index (Phi) is 2.17. The maximum atomic E-state index is 2.72. The molecule has 64 valence electrons. The molecule has 0 unspecified atom stereocenters. The maximum absolute atomic E-state index is 2.72. The van der Waals surface area contributed by atoms with Crippen LogP contribution in [-0.4, -0.2) is 24.0 Å². The molecule has 1 heterocycles. The van der Waals surface area contributed by atoms with Crippen molar-refractivity contribution in [2.75, 3.05) is 13.1 Å². The van der Waals surface area contributed by atoms with Crippen molar-refractivity contribution in [3.63, 3.8) is 0 Å². The van der Waals surface area contributed by atoms with Gasteiger partial charge in [-0.2, -0.15) is 0 Å². The van der Waals surface area contributed by atoms with E-state index >= 15 is 0 Å². The Morgan fingerprint density at radius 1 is 1.00 bits per heavy atom. The Morgan fingerprint density at radius 3 is 2.27 bits per heavy atom. The van der Waals surface area contributed by atoms with Gasteiger partial charge in [-0.15, -0.1) is 0 Å². The lowest BCUT2D eigenvalue weighted by molar-refractivity contribution is 0.206. The van der Waals surface area contributed by atoms with Gasteiger partial charge in [-0.25, -0.2) is 0 Å². The fourth-order valence-corrected chi connectivity index (χ4v) is 2.74. The summed E-state index contributed by atoms with van der Waals surface area (Å²) < 4.78 is 0. The molecule has 0 N–H and O–H groups in total. The third-order valence-electron chi connectivity index (χ3n) is 3.43. The van der Waals surface area contributed by atoms with E-state index in [2.05, 4.69) is 11.8 Å². The molecule has 0 spiro atoms. The lowest BCUT2D eigenvalue weighted by Gasteiger charge is -2.26. The summed E-state index contributed by atoms with van der Waals surface area (Å²) in [7, 11) is 0. The highest BCUT2D eigenvalue weighted by atomic mass is 15.2. The molecule has 0 bridgehead atoms. The second-order valence-electron chi connectivity index (χ2n) is 4.22. The quantitative estimate of drug-likeness (QED) is 0.558. The highest BCUT2D eigenvalue weighted by Gasteiger charge is 2.29. The van der Waals surface area contributed by atoms with Crippen LogP contribution in [0.1, 0.15) is 39.0 Å². The van der Waals surface area contributed by atoms with Crippen molar-refractivity contribution in [2.45, 2.75) is 45.1 Å². The summed E-state index contributed by atoms with van der Waals surface area (Å²) in [6, 6.07) is 0.956. The summed E-state index contributed by atoms with van der Waals surface area (Å²) in [6.45, 7) is 5.19. The summed E-state index contributed by atoms with van der Waals surface area (Å²) in [6.07, 6.45) is 7.32. The first-order valence-corrected chi connectivity index (χ1v) is 5.12. The fourth-order valence-electron chi connectivity index (χ4n) is 2.74. The molecule has 0 aromatic carbocycles. The molecule has 1 heteroatoms. The van der Waals surface area contributed by atoms with Crippen LogP contribution in [0.2, 0.25) is 0 Å². The van der Waals surface area contributed by atoms with Crippen LogP contribution in [0.4, 0.5) is 0 Å². The molecule has 0 radical (unpaired) electrons. The van der Waals surface area contributed by atoms with Gasteiger partial charge in [0.1, 0.15) is 0 Å². The largest absolute Gasteiger partial charge is 0.300 e. The highest BCUT2D eigenvalue weighted by molar-refractivity contribution is 4.84. The lowest BCUT2D eigenvalue weighted by Crippen LogP contribution is -2.34. The smallest absolute Gasteiger partial charge is 0.0121 e. The Morgan fingerprint density at radius 2 is 1.73 bits per heavy atom. The minimum Gasteiger partial charge on any atom is -0.300 e. The van der Waals surface area contributed by atoms with Gasteiger partial charge in [-0.05, 0) is 44.7 Å². The topological polar surface area (TPSA) is 3.24 Å². The number of hydrogen-bond acceptors (Lipinski definition) is 1. The maximum Gasteiger partial charge on any atom is 0.0121 e. The summed E-state index contributed by atoms with van der Waals surface area (Å²) in [5.41, 5.74) is 0. The average molecular weight is 153 g/mol. The summed E-state index contributed by atoms with van der Waals surface area (Å²) >= 11 is 0. The van der Waals surface area contributed by atoms with Gasteiger partial charge < -0.3 is 4.90 Å². The predicted octanol–water partition coefficient (Wildman–Crippen LogP) is 2.27. The van der Waals surface area contributed by atoms with E-state index in [1.54, 1.807) is 0 Å². The van der Waals surface area contributed by atoms with Crippen molar-refractivity contribution in [1.82, 2.24) is 4.90 Å². The van der Waals surface area contributed by atoms with Crippen LogP contribution >= 0.6 is 0 Å². The third-order valence-corrected chi connectivity index (χ3v) is 3.43. The third kappa shape index (κ3) is 1.44. The molecule has 2 aliphatic rings. The van der Waals surface area contributed by atoms with Gasteiger partial charge in [0, 0.05) is 6.04 Å². The van der Waals surface area contributed by atoms with Crippen LogP contribution in [0.5, 0.6) is 0 Å². The van der Waals surface area contributed by atoms with Crippen LogP contribution in [0.15, 0.2) is 0 Å². The van der Waals surface area contributed by atoms with E-state index < -0.39 is 0 Å². The average Bonchev–Trinajstić information content (AvgIpc) is 2.55. The van der Waals surface area contributed by atoms with Crippen LogP contribution in [0.25, 0.3) is 0 Å². The molecule has 0 aromatic rings. The zero-order valence-electron chi connectivity index (χ0n) is 7.55. The SMILES string of the molecule is C[C@@H]1CCC[C@H]1N1CCCC1. The molecule has 1 saturated carbocycles. The number of nitrogens with zero attached hydrogens (tertiary/aromatic N) is 1. The highest BCUT2D eigenvalue weighted by Crippen LogP contribution is 2.31. The molecule has 1 aliphatic carbocycles. The summed E-state index contributed by atoms with van der Waals surface area (Å²) in [5, 5.41) is 0. The molecule has 11 heavy (non-hydrogen) atoms. The standard InChI is InChI=1S/C10H19N/c1-9-5-4-6-10(9)11-7-2-3-8-11/h9-10H,2-8H2,1H3/t9-,10-/m1/s1. The first-order valence-electron chi connectivity index (χ1n) is 5.12. The second kappa shape index (κ2) is 3.14. The summed E-state index contributed by atoms with van der Waals surface area (Å²) in [4.78, 5) is 2.72. The lowest BCUT2D eigenvalue weighted by atomic mass is 10.1. The predicted molar refractivity (Wildman–Crippen MR) is 47.6 cm³/mol. The van der Waals surface area contributed by atoms with Crippen molar-refractivity contribution < 1.29 is 0 Å². The minimum absolute atomic E-state index is 0.956. The van der Waals surface area contributed by atoms with E-state index in [1.165, 1.54) is 45.2 Å². The van der Waals surface area contributed by atoms with E-state index in [0.717, 1.165) is 12.0 Å². The van der Waals surface area contributed by atoms with E-state index in [9.17, 15) is 0 Å². The van der Waals surface area contributed by atoms with Gasteiger partial charge in [-0.3, -0.25) is 0 Å². The molecule has 2 fully saturated rings.